The SMILES string of the molecule is CCOc1cccn(C(C)C(=O)OCCOC)c1=O. The van der Waals surface area contributed by atoms with E-state index < -0.39 is 12.0 Å². The molecule has 6 heteroatoms. The van der Waals surface area contributed by atoms with Gasteiger partial charge in [0.25, 0.3) is 5.56 Å². The number of carbonyl (C=O) groups is 1. The number of hydrogen-bond donors (Lipinski definition) is 0. The zero-order chi connectivity index (χ0) is 14.3. The van der Waals surface area contributed by atoms with Crippen LogP contribution in [-0.2, 0) is 14.3 Å². The predicted octanol–water partition coefficient (Wildman–Crippen LogP) is 0.998. The van der Waals surface area contributed by atoms with E-state index >= 15 is 0 Å². The molecule has 0 radical (unpaired) electrons. The van der Waals surface area contributed by atoms with Gasteiger partial charge in [0.1, 0.15) is 12.6 Å². The van der Waals surface area contributed by atoms with Crippen molar-refractivity contribution >= 4 is 5.97 Å². The van der Waals surface area contributed by atoms with Crippen LogP contribution in [0.3, 0.4) is 0 Å². The second-order valence-electron chi connectivity index (χ2n) is 3.85. The Labute approximate surface area is 111 Å². The van der Waals surface area contributed by atoms with Crippen molar-refractivity contribution in [3.8, 4) is 5.75 Å². The Hall–Kier alpha value is -1.82. The molecule has 0 saturated carbocycles. The zero-order valence-electron chi connectivity index (χ0n) is 11.4. The fraction of sp³-hybridized carbons (Fsp3) is 0.538. The molecule has 1 atom stereocenters. The van der Waals surface area contributed by atoms with Crippen molar-refractivity contribution in [2.45, 2.75) is 19.9 Å². The molecule has 1 aromatic rings. The van der Waals surface area contributed by atoms with Crippen molar-refractivity contribution in [1.82, 2.24) is 4.57 Å². The monoisotopic (exact) mass is 269 g/mol. The summed E-state index contributed by atoms with van der Waals surface area (Å²) in [6.45, 7) is 4.28. The highest BCUT2D eigenvalue weighted by molar-refractivity contribution is 5.73. The van der Waals surface area contributed by atoms with Crippen LogP contribution in [-0.4, -0.2) is 37.5 Å². The van der Waals surface area contributed by atoms with Crippen LogP contribution in [0.1, 0.15) is 19.9 Å². The van der Waals surface area contributed by atoms with Gasteiger partial charge in [0.15, 0.2) is 5.75 Å². The summed E-state index contributed by atoms with van der Waals surface area (Å²) < 4.78 is 16.3. The number of carbonyl (C=O) groups excluding carboxylic acids is 1. The number of nitrogens with zero attached hydrogens (tertiary/aromatic N) is 1. The Morgan fingerprint density at radius 1 is 1.42 bits per heavy atom. The van der Waals surface area contributed by atoms with Gasteiger partial charge < -0.3 is 14.2 Å². The lowest BCUT2D eigenvalue weighted by Gasteiger charge is -2.15. The molecule has 0 bridgehead atoms. The van der Waals surface area contributed by atoms with Gasteiger partial charge in [-0.25, -0.2) is 4.79 Å². The summed E-state index contributed by atoms with van der Waals surface area (Å²) in [6.07, 6.45) is 1.53. The summed E-state index contributed by atoms with van der Waals surface area (Å²) in [7, 11) is 1.52. The van der Waals surface area contributed by atoms with Crippen molar-refractivity contribution in [2.75, 3.05) is 26.9 Å². The minimum atomic E-state index is -0.704. The molecule has 0 amide bonds. The number of aromatic nitrogens is 1. The van der Waals surface area contributed by atoms with Crippen LogP contribution in [0, 0.1) is 0 Å². The predicted molar refractivity (Wildman–Crippen MR) is 69.4 cm³/mol. The van der Waals surface area contributed by atoms with E-state index in [2.05, 4.69) is 0 Å². The Balaban J connectivity index is 2.81. The number of pyridine rings is 1. The van der Waals surface area contributed by atoms with Gasteiger partial charge in [-0.3, -0.25) is 9.36 Å². The first kappa shape index (κ1) is 15.2. The van der Waals surface area contributed by atoms with Crippen molar-refractivity contribution < 1.29 is 19.0 Å². The van der Waals surface area contributed by atoms with Crippen LogP contribution < -0.4 is 10.3 Å². The van der Waals surface area contributed by atoms with Gasteiger partial charge in [-0.15, -0.1) is 0 Å². The first-order chi connectivity index (χ1) is 9.11. The molecule has 106 valence electrons. The van der Waals surface area contributed by atoms with Gasteiger partial charge in [-0.2, -0.15) is 0 Å². The molecular weight excluding hydrogens is 250 g/mol. The molecule has 1 aromatic heterocycles. The standard InChI is InChI=1S/C13H19NO5/c1-4-18-11-6-5-7-14(12(11)15)10(2)13(16)19-9-8-17-3/h5-7,10H,4,8-9H2,1-3H3. The molecule has 1 rings (SSSR count). The number of ether oxygens (including phenoxy) is 3. The third-order valence-corrected chi connectivity index (χ3v) is 2.53. The number of esters is 1. The minimum absolute atomic E-state index is 0.166. The molecule has 1 unspecified atom stereocenters. The summed E-state index contributed by atoms with van der Waals surface area (Å²) >= 11 is 0. The van der Waals surface area contributed by atoms with Gasteiger partial charge in [0.05, 0.1) is 13.2 Å². The average molecular weight is 269 g/mol. The summed E-state index contributed by atoms with van der Waals surface area (Å²) in [5.41, 5.74) is -0.347. The smallest absolute Gasteiger partial charge is 0.329 e. The van der Waals surface area contributed by atoms with Gasteiger partial charge in [0, 0.05) is 13.3 Å². The second kappa shape index (κ2) is 7.58. The molecule has 0 aliphatic heterocycles. The van der Waals surface area contributed by atoms with Crippen LogP contribution in [0.25, 0.3) is 0 Å². The van der Waals surface area contributed by atoms with Crippen LogP contribution in [0.5, 0.6) is 5.75 Å². The van der Waals surface area contributed by atoms with E-state index in [1.807, 2.05) is 0 Å². The number of methoxy groups -OCH3 is 1. The van der Waals surface area contributed by atoms with E-state index in [-0.39, 0.29) is 17.9 Å². The Morgan fingerprint density at radius 3 is 2.79 bits per heavy atom. The fourth-order valence-electron chi connectivity index (χ4n) is 1.52. The zero-order valence-corrected chi connectivity index (χ0v) is 11.4. The maximum absolute atomic E-state index is 12.0. The largest absolute Gasteiger partial charge is 0.488 e. The molecule has 0 saturated heterocycles. The topological polar surface area (TPSA) is 66.8 Å². The summed E-state index contributed by atoms with van der Waals surface area (Å²) in [5.74, 6) is -0.255. The lowest BCUT2D eigenvalue weighted by molar-refractivity contribution is -0.148. The molecular formula is C13H19NO5. The third-order valence-electron chi connectivity index (χ3n) is 2.53. The molecule has 0 spiro atoms. The van der Waals surface area contributed by atoms with Gasteiger partial charge >= 0.3 is 5.97 Å². The Morgan fingerprint density at radius 2 is 2.16 bits per heavy atom. The first-order valence-electron chi connectivity index (χ1n) is 6.11. The summed E-state index contributed by atoms with van der Waals surface area (Å²) in [4.78, 5) is 23.8. The average Bonchev–Trinajstić information content (AvgIpc) is 2.41. The first-order valence-corrected chi connectivity index (χ1v) is 6.11. The van der Waals surface area contributed by atoms with Crippen LogP contribution in [0.15, 0.2) is 23.1 Å². The number of hydrogen-bond acceptors (Lipinski definition) is 5. The summed E-state index contributed by atoms with van der Waals surface area (Å²) in [6, 6.07) is 2.53. The van der Waals surface area contributed by atoms with Crippen molar-refractivity contribution in [3.05, 3.63) is 28.7 Å². The normalized spacial score (nSPS) is 11.9. The quantitative estimate of drug-likeness (QED) is 0.545. The van der Waals surface area contributed by atoms with E-state index in [0.29, 0.717) is 13.2 Å². The maximum atomic E-state index is 12.0. The van der Waals surface area contributed by atoms with Gasteiger partial charge in [0.2, 0.25) is 0 Å². The lowest BCUT2D eigenvalue weighted by atomic mass is 10.3. The molecule has 0 fully saturated rings. The van der Waals surface area contributed by atoms with E-state index in [4.69, 9.17) is 14.2 Å². The Kier molecular flexibility index (Phi) is 6.08. The second-order valence-corrected chi connectivity index (χ2v) is 3.85. The van der Waals surface area contributed by atoms with Crippen LogP contribution in [0.4, 0.5) is 0 Å². The maximum Gasteiger partial charge on any atom is 0.329 e. The van der Waals surface area contributed by atoms with Crippen molar-refractivity contribution in [2.24, 2.45) is 0 Å². The third kappa shape index (κ3) is 4.10. The van der Waals surface area contributed by atoms with Crippen LogP contribution in [0.2, 0.25) is 0 Å². The van der Waals surface area contributed by atoms with E-state index in [0.717, 1.165) is 0 Å². The highest BCUT2D eigenvalue weighted by atomic mass is 16.6. The van der Waals surface area contributed by atoms with E-state index in [1.165, 1.54) is 17.9 Å². The molecule has 0 aromatic carbocycles. The number of rotatable bonds is 7. The molecule has 0 aliphatic carbocycles. The van der Waals surface area contributed by atoms with Gasteiger partial charge in [-0.1, -0.05) is 0 Å². The molecule has 0 N–H and O–H groups in total. The van der Waals surface area contributed by atoms with E-state index in [9.17, 15) is 9.59 Å². The highest BCUT2D eigenvalue weighted by Crippen LogP contribution is 2.09. The van der Waals surface area contributed by atoms with Gasteiger partial charge in [-0.05, 0) is 26.0 Å². The summed E-state index contributed by atoms with van der Waals surface area (Å²) in [5, 5.41) is 0. The van der Waals surface area contributed by atoms with E-state index in [1.54, 1.807) is 26.0 Å². The molecule has 6 nitrogen and oxygen atoms in total. The molecule has 1 heterocycles. The Bertz CT molecular complexity index is 468. The minimum Gasteiger partial charge on any atom is -0.488 e. The van der Waals surface area contributed by atoms with Crippen molar-refractivity contribution in [3.63, 3.8) is 0 Å². The lowest BCUT2D eigenvalue weighted by Crippen LogP contribution is -2.30. The highest BCUT2D eigenvalue weighted by Gasteiger charge is 2.18. The molecule has 0 aliphatic rings. The van der Waals surface area contributed by atoms with Crippen molar-refractivity contribution in [1.29, 1.82) is 0 Å². The fourth-order valence-corrected chi connectivity index (χ4v) is 1.52. The van der Waals surface area contributed by atoms with Crippen LogP contribution >= 0.6 is 0 Å². The molecule has 19 heavy (non-hydrogen) atoms.